The van der Waals surface area contributed by atoms with Gasteiger partial charge < -0.3 is 23.5 Å². The fourth-order valence-corrected chi connectivity index (χ4v) is 3.63. The van der Waals surface area contributed by atoms with E-state index in [4.69, 9.17) is 18.6 Å². The zero-order valence-corrected chi connectivity index (χ0v) is 18.1. The van der Waals surface area contributed by atoms with Gasteiger partial charge in [-0.2, -0.15) is 0 Å². The Hall–Kier alpha value is -4.27. The summed E-state index contributed by atoms with van der Waals surface area (Å²) >= 11 is 0. The van der Waals surface area contributed by atoms with Crippen LogP contribution in [0.3, 0.4) is 0 Å². The van der Waals surface area contributed by atoms with Gasteiger partial charge in [-0.15, -0.1) is 0 Å². The van der Waals surface area contributed by atoms with Crippen LogP contribution in [-0.4, -0.2) is 43.0 Å². The number of nitrogens with zero attached hydrogens (tertiary/aromatic N) is 2. The third kappa shape index (κ3) is 4.67. The summed E-state index contributed by atoms with van der Waals surface area (Å²) in [5.74, 6) is 1.31. The highest BCUT2D eigenvalue weighted by molar-refractivity contribution is 6.04. The van der Waals surface area contributed by atoms with E-state index in [0.717, 1.165) is 11.1 Å². The van der Waals surface area contributed by atoms with Crippen molar-refractivity contribution in [1.29, 1.82) is 0 Å². The quantitative estimate of drug-likeness (QED) is 0.357. The molecule has 2 aromatic carbocycles. The van der Waals surface area contributed by atoms with Crippen molar-refractivity contribution in [3.63, 3.8) is 0 Å². The van der Waals surface area contributed by atoms with Crippen LogP contribution in [0.5, 0.6) is 17.2 Å². The van der Waals surface area contributed by atoms with Gasteiger partial charge in [0, 0.05) is 23.7 Å². The van der Waals surface area contributed by atoms with E-state index in [1.165, 1.54) is 30.7 Å². The van der Waals surface area contributed by atoms with Gasteiger partial charge in [0.05, 0.1) is 44.3 Å². The SMILES string of the molecule is COc1ccc(CCN2CC(c3ccoc3)=C(Oc3cccc([N+](=O)[O-])c3)C2=O)cc1OC. The van der Waals surface area contributed by atoms with Gasteiger partial charge >= 0.3 is 0 Å². The summed E-state index contributed by atoms with van der Waals surface area (Å²) in [6, 6.07) is 13.1. The molecule has 0 spiro atoms. The molecule has 0 N–H and O–H groups in total. The molecule has 170 valence electrons. The molecule has 0 saturated carbocycles. The Bertz CT molecular complexity index is 1200. The van der Waals surface area contributed by atoms with Crippen molar-refractivity contribution in [3.8, 4) is 17.2 Å². The van der Waals surface area contributed by atoms with Crippen molar-refractivity contribution in [2.45, 2.75) is 6.42 Å². The standard InChI is InChI=1S/C24H22N2O7/c1-30-21-7-6-16(12-22(21)31-2)8-10-25-14-20(17-9-11-32-15-17)23(24(25)27)33-19-5-3-4-18(13-19)26(28)29/h3-7,9,11-13,15H,8,10,14H2,1-2H3. The van der Waals surface area contributed by atoms with Crippen molar-refractivity contribution in [1.82, 2.24) is 4.90 Å². The number of hydrogen-bond donors (Lipinski definition) is 0. The molecule has 0 saturated heterocycles. The topological polar surface area (TPSA) is 104 Å². The van der Waals surface area contributed by atoms with E-state index < -0.39 is 4.92 Å². The number of carbonyl (C=O) groups excluding carboxylic acids is 1. The minimum absolute atomic E-state index is 0.117. The number of furan rings is 1. The number of amides is 1. The van der Waals surface area contributed by atoms with Crippen LogP contribution in [0.15, 0.2) is 71.2 Å². The second kappa shape index (κ2) is 9.47. The highest BCUT2D eigenvalue weighted by Gasteiger charge is 2.33. The third-order valence-electron chi connectivity index (χ3n) is 5.34. The van der Waals surface area contributed by atoms with E-state index in [1.807, 2.05) is 18.2 Å². The molecule has 1 aliphatic rings. The average molecular weight is 450 g/mol. The monoisotopic (exact) mass is 450 g/mol. The molecule has 0 radical (unpaired) electrons. The van der Waals surface area contributed by atoms with Crippen molar-refractivity contribution >= 4 is 17.2 Å². The molecule has 3 aromatic rings. The van der Waals surface area contributed by atoms with E-state index in [0.29, 0.717) is 36.6 Å². The molecule has 2 heterocycles. The molecule has 4 rings (SSSR count). The first-order chi connectivity index (χ1) is 16.0. The molecular formula is C24H22N2O7. The maximum Gasteiger partial charge on any atom is 0.290 e. The van der Waals surface area contributed by atoms with Crippen molar-refractivity contribution in [3.05, 3.63) is 88.1 Å². The smallest absolute Gasteiger partial charge is 0.290 e. The summed E-state index contributed by atoms with van der Waals surface area (Å²) in [6.07, 6.45) is 3.65. The normalized spacial score (nSPS) is 13.4. The lowest BCUT2D eigenvalue weighted by Crippen LogP contribution is -2.30. The number of hydrogen-bond acceptors (Lipinski definition) is 7. The van der Waals surface area contributed by atoms with Gasteiger partial charge in [-0.05, 0) is 36.2 Å². The van der Waals surface area contributed by atoms with Crippen LogP contribution in [0.1, 0.15) is 11.1 Å². The summed E-state index contributed by atoms with van der Waals surface area (Å²) in [6.45, 7) is 0.771. The second-order valence-corrected chi connectivity index (χ2v) is 7.34. The van der Waals surface area contributed by atoms with Crippen LogP contribution in [0.25, 0.3) is 5.57 Å². The number of rotatable bonds is 9. The molecule has 33 heavy (non-hydrogen) atoms. The fraction of sp³-hybridized carbons (Fsp3) is 0.208. The van der Waals surface area contributed by atoms with E-state index >= 15 is 0 Å². The Balaban J connectivity index is 1.54. The van der Waals surface area contributed by atoms with Crippen molar-refractivity contribution in [2.24, 2.45) is 0 Å². The largest absolute Gasteiger partial charge is 0.493 e. The van der Waals surface area contributed by atoms with E-state index in [-0.39, 0.29) is 23.1 Å². The highest BCUT2D eigenvalue weighted by atomic mass is 16.6. The maximum absolute atomic E-state index is 13.2. The molecule has 0 unspecified atom stereocenters. The van der Waals surface area contributed by atoms with Gasteiger partial charge in [0.2, 0.25) is 0 Å². The van der Waals surface area contributed by atoms with Crippen molar-refractivity contribution in [2.75, 3.05) is 27.3 Å². The predicted molar refractivity (Wildman–Crippen MR) is 119 cm³/mol. The molecule has 1 aromatic heterocycles. The maximum atomic E-state index is 13.2. The number of non-ortho nitro benzene ring substituents is 1. The second-order valence-electron chi connectivity index (χ2n) is 7.34. The molecule has 0 atom stereocenters. The minimum atomic E-state index is -0.510. The molecule has 0 bridgehead atoms. The van der Waals surface area contributed by atoms with E-state index in [2.05, 4.69) is 0 Å². The molecule has 0 fully saturated rings. The van der Waals surface area contributed by atoms with Gasteiger partial charge in [0.15, 0.2) is 17.3 Å². The number of carbonyl (C=O) groups is 1. The Kier molecular flexibility index (Phi) is 6.30. The van der Waals surface area contributed by atoms with Crippen LogP contribution in [-0.2, 0) is 11.2 Å². The first-order valence-corrected chi connectivity index (χ1v) is 10.2. The summed E-state index contributed by atoms with van der Waals surface area (Å²) in [5.41, 5.74) is 2.25. The fourth-order valence-electron chi connectivity index (χ4n) is 3.63. The van der Waals surface area contributed by atoms with Gasteiger partial charge in [0.25, 0.3) is 11.6 Å². The van der Waals surface area contributed by atoms with Crippen LogP contribution in [0.4, 0.5) is 5.69 Å². The first-order valence-electron chi connectivity index (χ1n) is 10.2. The Morgan fingerprint density at radius 3 is 2.61 bits per heavy atom. The summed E-state index contributed by atoms with van der Waals surface area (Å²) in [4.78, 5) is 25.5. The van der Waals surface area contributed by atoms with Crippen LogP contribution in [0.2, 0.25) is 0 Å². The zero-order valence-electron chi connectivity index (χ0n) is 18.1. The Morgan fingerprint density at radius 2 is 1.91 bits per heavy atom. The molecule has 9 nitrogen and oxygen atoms in total. The van der Waals surface area contributed by atoms with Gasteiger partial charge in [-0.1, -0.05) is 12.1 Å². The van der Waals surface area contributed by atoms with Crippen LogP contribution < -0.4 is 14.2 Å². The molecular weight excluding hydrogens is 428 g/mol. The lowest BCUT2D eigenvalue weighted by Gasteiger charge is -2.17. The number of benzene rings is 2. The summed E-state index contributed by atoms with van der Waals surface area (Å²) in [5, 5.41) is 11.1. The van der Waals surface area contributed by atoms with Gasteiger partial charge in [-0.25, -0.2) is 0 Å². The molecule has 0 aliphatic carbocycles. The summed E-state index contributed by atoms with van der Waals surface area (Å²) < 4.78 is 21.7. The molecule has 9 heteroatoms. The third-order valence-corrected chi connectivity index (χ3v) is 5.34. The Labute approximate surface area is 189 Å². The predicted octanol–water partition coefficient (Wildman–Crippen LogP) is 4.08. The van der Waals surface area contributed by atoms with Crippen LogP contribution in [0, 0.1) is 10.1 Å². The van der Waals surface area contributed by atoms with Crippen molar-refractivity contribution < 1.29 is 28.3 Å². The van der Waals surface area contributed by atoms with E-state index in [1.54, 1.807) is 31.3 Å². The lowest BCUT2D eigenvalue weighted by molar-refractivity contribution is -0.384. The van der Waals surface area contributed by atoms with Gasteiger partial charge in [-0.3, -0.25) is 14.9 Å². The van der Waals surface area contributed by atoms with Crippen LogP contribution >= 0.6 is 0 Å². The number of nitro groups is 1. The first kappa shape index (κ1) is 21.9. The average Bonchev–Trinajstić information content (AvgIpc) is 3.46. The highest BCUT2D eigenvalue weighted by Crippen LogP contribution is 2.32. The molecule has 1 amide bonds. The molecule has 1 aliphatic heterocycles. The minimum Gasteiger partial charge on any atom is -0.493 e. The summed E-state index contributed by atoms with van der Waals surface area (Å²) in [7, 11) is 3.15. The number of ether oxygens (including phenoxy) is 3. The Morgan fingerprint density at radius 1 is 1.09 bits per heavy atom. The zero-order chi connectivity index (χ0) is 23.4. The number of methoxy groups -OCH3 is 2. The lowest BCUT2D eigenvalue weighted by atomic mass is 10.1. The van der Waals surface area contributed by atoms with Gasteiger partial charge in [0.1, 0.15) is 5.75 Å². The number of nitro benzene ring substituents is 1. The van der Waals surface area contributed by atoms with E-state index in [9.17, 15) is 14.9 Å².